The number of halogens is 3. The van der Waals surface area contributed by atoms with Gasteiger partial charge < -0.3 is 15.6 Å². The minimum absolute atomic E-state index is 0.188. The van der Waals surface area contributed by atoms with Gasteiger partial charge in [-0.25, -0.2) is 4.98 Å². The van der Waals surface area contributed by atoms with Crippen LogP contribution in [0.1, 0.15) is 28.8 Å². The van der Waals surface area contributed by atoms with E-state index in [0.717, 1.165) is 29.6 Å². The van der Waals surface area contributed by atoms with Crippen molar-refractivity contribution >= 4 is 28.2 Å². The van der Waals surface area contributed by atoms with Crippen LogP contribution in [0.25, 0.3) is 10.9 Å². The smallest absolute Gasteiger partial charge is 0.361 e. The molecule has 0 amide bonds. The Morgan fingerprint density at radius 3 is 2.75 bits per heavy atom. The van der Waals surface area contributed by atoms with E-state index < -0.39 is 11.9 Å². The minimum atomic E-state index is -4.41. The summed E-state index contributed by atoms with van der Waals surface area (Å²) in [6, 6.07) is 6.29. The van der Waals surface area contributed by atoms with E-state index in [0.29, 0.717) is 17.5 Å². The number of nitrogens with zero attached hydrogens (tertiary/aromatic N) is 2. The summed E-state index contributed by atoms with van der Waals surface area (Å²) in [7, 11) is 1.62. The lowest BCUT2D eigenvalue weighted by molar-refractivity contribution is -0.140. The van der Waals surface area contributed by atoms with Crippen molar-refractivity contribution in [2.75, 3.05) is 13.6 Å². The molecule has 1 aromatic carbocycles. The number of alkyl halides is 3. The largest absolute Gasteiger partial charge is 0.434 e. The standard InChI is InChI=1S/C19H22F3N5S/c1-3-12-5-4-6-14-13(9-25-17(12)14)7-8-24-18(23-2)26-10-16-27-15(11-28-16)19(20,21)22/h4-6,9,11,25H,3,7-8,10H2,1-2H3,(H2,23,24,26). The van der Waals surface area contributed by atoms with E-state index in [1.807, 2.05) is 6.20 Å². The van der Waals surface area contributed by atoms with Gasteiger partial charge in [0.15, 0.2) is 11.7 Å². The Hall–Kier alpha value is -2.55. The molecule has 2 aromatic heterocycles. The van der Waals surface area contributed by atoms with Crippen LogP contribution < -0.4 is 10.6 Å². The molecular weight excluding hydrogens is 387 g/mol. The zero-order chi connectivity index (χ0) is 20.1. The predicted octanol–water partition coefficient (Wildman–Crippen LogP) is 4.11. The Bertz CT molecular complexity index is 958. The quantitative estimate of drug-likeness (QED) is 0.424. The Labute approximate surface area is 165 Å². The van der Waals surface area contributed by atoms with Crippen molar-refractivity contribution in [3.8, 4) is 0 Å². The predicted molar refractivity (Wildman–Crippen MR) is 107 cm³/mol. The third-order valence-corrected chi connectivity index (χ3v) is 5.28. The second-order valence-corrected chi connectivity index (χ2v) is 7.18. The molecule has 0 aliphatic carbocycles. The van der Waals surface area contributed by atoms with Gasteiger partial charge >= 0.3 is 6.18 Å². The van der Waals surface area contributed by atoms with Crippen LogP contribution in [0.3, 0.4) is 0 Å². The number of hydrogen-bond acceptors (Lipinski definition) is 3. The maximum Gasteiger partial charge on any atom is 0.434 e. The number of aliphatic imine (C=N–C) groups is 1. The number of H-pyrrole nitrogens is 1. The zero-order valence-electron chi connectivity index (χ0n) is 15.7. The van der Waals surface area contributed by atoms with Gasteiger partial charge in [-0.2, -0.15) is 13.2 Å². The maximum absolute atomic E-state index is 12.6. The van der Waals surface area contributed by atoms with Crippen LogP contribution in [-0.2, 0) is 25.6 Å². The van der Waals surface area contributed by atoms with Crippen molar-refractivity contribution in [1.29, 1.82) is 0 Å². The van der Waals surface area contributed by atoms with E-state index in [1.165, 1.54) is 22.0 Å². The highest BCUT2D eigenvalue weighted by Crippen LogP contribution is 2.29. The molecule has 0 atom stereocenters. The molecule has 0 aliphatic rings. The normalized spacial score (nSPS) is 12.5. The molecule has 9 heteroatoms. The van der Waals surface area contributed by atoms with Crippen LogP contribution in [0.15, 0.2) is 34.8 Å². The number of para-hydroxylation sites is 1. The molecule has 0 bridgehead atoms. The first-order valence-electron chi connectivity index (χ1n) is 8.96. The first-order valence-corrected chi connectivity index (χ1v) is 9.84. The van der Waals surface area contributed by atoms with E-state index in [9.17, 15) is 13.2 Å². The Balaban J connectivity index is 1.53. The summed E-state index contributed by atoms with van der Waals surface area (Å²) in [5, 5.41) is 8.78. The number of rotatable bonds is 6. The van der Waals surface area contributed by atoms with Crippen molar-refractivity contribution in [1.82, 2.24) is 20.6 Å². The lowest BCUT2D eigenvalue weighted by Gasteiger charge is -2.10. The molecule has 5 nitrogen and oxygen atoms in total. The summed E-state index contributed by atoms with van der Waals surface area (Å²) in [6.45, 7) is 2.97. The van der Waals surface area contributed by atoms with Gasteiger partial charge in [-0.3, -0.25) is 4.99 Å². The van der Waals surface area contributed by atoms with Crippen molar-refractivity contribution in [2.24, 2.45) is 4.99 Å². The van der Waals surface area contributed by atoms with Gasteiger partial charge in [0.1, 0.15) is 5.01 Å². The molecule has 2 heterocycles. The molecule has 150 valence electrons. The minimum Gasteiger partial charge on any atom is -0.361 e. The topological polar surface area (TPSA) is 65.1 Å². The Kier molecular flexibility index (Phi) is 6.23. The lowest BCUT2D eigenvalue weighted by Crippen LogP contribution is -2.37. The molecule has 3 aromatic rings. The van der Waals surface area contributed by atoms with Crippen molar-refractivity contribution in [2.45, 2.75) is 32.5 Å². The van der Waals surface area contributed by atoms with Gasteiger partial charge in [0.2, 0.25) is 0 Å². The van der Waals surface area contributed by atoms with Crippen molar-refractivity contribution in [3.63, 3.8) is 0 Å². The average Bonchev–Trinajstić information content (AvgIpc) is 3.31. The second-order valence-electron chi connectivity index (χ2n) is 6.23. The van der Waals surface area contributed by atoms with E-state index >= 15 is 0 Å². The summed E-state index contributed by atoms with van der Waals surface area (Å²) >= 11 is 0.975. The Morgan fingerprint density at radius 2 is 2.07 bits per heavy atom. The first kappa shape index (κ1) is 20.2. The molecule has 0 aliphatic heterocycles. The molecule has 0 spiro atoms. The molecular formula is C19H22F3N5S. The summed E-state index contributed by atoms with van der Waals surface area (Å²) in [6.07, 6.45) is -0.621. The van der Waals surface area contributed by atoms with Crippen LogP contribution in [0.2, 0.25) is 0 Å². The van der Waals surface area contributed by atoms with Gasteiger partial charge in [-0.1, -0.05) is 25.1 Å². The fourth-order valence-corrected chi connectivity index (χ4v) is 3.74. The molecule has 3 N–H and O–H groups in total. The van der Waals surface area contributed by atoms with Gasteiger partial charge in [0, 0.05) is 36.1 Å². The number of aromatic nitrogens is 2. The molecule has 3 rings (SSSR count). The highest BCUT2D eigenvalue weighted by atomic mass is 32.1. The molecule has 0 saturated carbocycles. The van der Waals surface area contributed by atoms with Gasteiger partial charge in [-0.15, -0.1) is 11.3 Å². The van der Waals surface area contributed by atoms with Gasteiger partial charge in [0.25, 0.3) is 0 Å². The summed E-state index contributed by atoms with van der Waals surface area (Å²) in [4.78, 5) is 11.1. The van der Waals surface area contributed by atoms with E-state index in [4.69, 9.17) is 0 Å². The third kappa shape index (κ3) is 4.64. The van der Waals surface area contributed by atoms with Crippen molar-refractivity contribution < 1.29 is 13.2 Å². The SMILES string of the molecule is CCc1cccc2c(CCNC(=NC)NCc3nc(C(F)(F)F)cs3)c[nH]c12. The van der Waals surface area contributed by atoms with Crippen LogP contribution in [0.5, 0.6) is 0 Å². The summed E-state index contributed by atoms with van der Waals surface area (Å²) < 4.78 is 37.8. The number of nitrogens with one attached hydrogen (secondary N) is 3. The summed E-state index contributed by atoms with van der Waals surface area (Å²) in [5.41, 5.74) is 2.81. The number of aromatic amines is 1. The molecule has 0 unspecified atom stereocenters. The Morgan fingerprint density at radius 1 is 1.25 bits per heavy atom. The van der Waals surface area contributed by atoms with Gasteiger partial charge in [-0.05, 0) is 24.0 Å². The van der Waals surface area contributed by atoms with E-state index in [1.54, 1.807) is 7.05 Å². The van der Waals surface area contributed by atoms with Crippen LogP contribution >= 0.6 is 11.3 Å². The van der Waals surface area contributed by atoms with E-state index in [2.05, 4.69) is 50.7 Å². The number of guanidine groups is 1. The van der Waals surface area contributed by atoms with Crippen LogP contribution in [0, 0.1) is 0 Å². The highest BCUT2D eigenvalue weighted by Gasteiger charge is 2.33. The monoisotopic (exact) mass is 409 g/mol. The fraction of sp³-hybridized carbons (Fsp3) is 0.368. The number of fused-ring (bicyclic) bond motifs is 1. The molecule has 0 saturated heterocycles. The van der Waals surface area contributed by atoms with Gasteiger partial charge in [0.05, 0.1) is 6.54 Å². The zero-order valence-corrected chi connectivity index (χ0v) is 16.5. The maximum atomic E-state index is 12.6. The molecule has 0 radical (unpaired) electrons. The highest BCUT2D eigenvalue weighted by molar-refractivity contribution is 7.09. The fourth-order valence-electron chi connectivity index (χ4n) is 2.99. The molecule has 0 fully saturated rings. The summed E-state index contributed by atoms with van der Waals surface area (Å²) in [5.74, 6) is 0.526. The van der Waals surface area contributed by atoms with Crippen LogP contribution in [-0.4, -0.2) is 29.5 Å². The number of benzene rings is 1. The average molecular weight is 409 g/mol. The van der Waals surface area contributed by atoms with E-state index in [-0.39, 0.29) is 6.54 Å². The first-order chi connectivity index (χ1) is 13.4. The number of thiazole rings is 1. The third-order valence-electron chi connectivity index (χ3n) is 4.43. The lowest BCUT2D eigenvalue weighted by atomic mass is 10.1. The van der Waals surface area contributed by atoms with Crippen molar-refractivity contribution in [3.05, 3.63) is 51.6 Å². The van der Waals surface area contributed by atoms with Crippen LogP contribution in [0.4, 0.5) is 13.2 Å². The number of hydrogen-bond donors (Lipinski definition) is 3. The number of aryl methyl sites for hydroxylation is 1. The second kappa shape index (κ2) is 8.64. The molecule has 28 heavy (non-hydrogen) atoms.